The molecule has 0 radical (unpaired) electrons. The molecule has 128 valence electrons. The number of amides is 1. The highest BCUT2D eigenvalue weighted by atomic mass is 16.6. The van der Waals surface area contributed by atoms with Gasteiger partial charge in [-0.05, 0) is 39.2 Å². The number of hydrogen-bond acceptors (Lipinski definition) is 4. The Morgan fingerprint density at radius 3 is 2.48 bits per heavy atom. The van der Waals surface area contributed by atoms with Gasteiger partial charge < -0.3 is 15.2 Å². The van der Waals surface area contributed by atoms with E-state index < -0.39 is 29.5 Å². The van der Waals surface area contributed by atoms with Crippen LogP contribution in [0.15, 0.2) is 23.8 Å². The molecule has 1 atom stereocenters. The smallest absolute Gasteiger partial charge is 0.326 e. The van der Waals surface area contributed by atoms with Crippen LogP contribution < -0.4 is 5.32 Å². The zero-order chi connectivity index (χ0) is 17.5. The number of ether oxygens (including phenoxy) is 1. The van der Waals surface area contributed by atoms with Crippen molar-refractivity contribution in [3.8, 4) is 0 Å². The second-order valence-electron chi connectivity index (χ2n) is 6.51. The Hall–Kier alpha value is -2.11. The summed E-state index contributed by atoms with van der Waals surface area (Å²) in [6.07, 6.45) is 7.75. The van der Waals surface area contributed by atoms with Crippen LogP contribution >= 0.6 is 0 Å². The fourth-order valence-corrected chi connectivity index (χ4v) is 2.13. The highest BCUT2D eigenvalue weighted by Crippen LogP contribution is 2.15. The van der Waals surface area contributed by atoms with Gasteiger partial charge in [0.1, 0.15) is 11.6 Å². The Morgan fingerprint density at radius 1 is 1.26 bits per heavy atom. The Kier molecular flexibility index (Phi) is 7.00. The number of rotatable bonds is 7. The summed E-state index contributed by atoms with van der Waals surface area (Å²) in [5.74, 6) is -2.03. The highest BCUT2D eigenvalue weighted by Gasteiger charge is 2.22. The van der Waals surface area contributed by atoms with E-state index >= 15 is 0 Å². The summed E-state index contributed by atoms with van der Waals surface area (Å²) in [6.45, 7) is 5.24. The zero-order valence-corrected chi connectivity index (χ0v) is 13.9. The van der Waals surface area contributed by atoms with E-state index in [-0.39, 0.29) is 19.3 Å². The fourth-order valence-electron chi connectivity index (χ4n) is 2.13. The number of nitrogens with one attached hydrogen (secondary N) is 1. The number of aliphatic carboxylic acids is 1. The molecule has 0 bridgehead atoms. The molecular weight excluding hydrogens is 298 g/mol. The first kappa shape index (κ1) is 18.9. The standard InChI is InChI=1S/C17H25NO5/c1-17(2,3)23-15(20)10-9-14(19)18-13(16(21)22)11-12-7-5-4-6-8-12/h5,7-8,13H,4,6,9-11H2,1-3H3,(H,18,19)(H,21,22)/t13-/m0/s1. The average Bonchev–Trinajstić information content (AvgIpc) is 2.43. The molecule has 6 heteroatoms. The van der Waals surface area contributed by atoms with Crippen molar-refractivity contribution in [2.75, 3.05) is 0 Å². The normalized spacial score (nSPS) is 15.5. The summed E-state index contributed by atoms with van der Waals surface area (Å²) in [5.41, 5.74) is 0.299. The van der Waals surface area contributed by atoms with Crippen LogP contribution in [0.1, 0.15) is 52.9 Å². The molecule has 2 N–H and O–H groups in total. The monoisotopic (exact) mass is 323 g/mol. The van der Waals surface area contributed by atoms with Crippen molar-refractivity contribution < 1.29 is 24.2 Å². The van der Waals surface area contributed by atoms with Crippen LogP contribution in [-0.4, -0.2) is 34.6 Å². The largest absolute Gasteiger partial charge is 0.480 e. The third-order valence-electron chi connectivity index (χ3n) is 3.12. The molecule has 0 spiro atoms. The topological polar surface area (TPSA) is 92.7 Å². The van der Waals surface area contributed by atoms with Crippen LogP contribution in [0, 0.1) is 0 Å². The van der Waals surface area contributed by atoms with Crippen LogP contribution in [0.3, 0.4) is 0 Å². The van der Waals surface area contributed by atoms with E-state index in [1.54, 1.807) is 20.8 Å². The molecule has 1 amide bonds. The number of esters is 1. The molecule has 0 saturated heterocycles. The molecule has 0 aliphatic heterocycles. The van der Waals surface area contributed by atoms with Crippen molar-refractivity contribution in [2.45, 2.75) is 64.5 Å². The van der Waals surface area contributed by atoms with Crippen LogP contribution in [0.2, 0.25) is 0 Å². The first-order chi connectivity index (χ1) is 10.7. The molecule has 0 heterocycles. The lowest BCUT2D eigenvalue weighted by Crippen LogP contribution is -2.41. The summed E-state index contributed by atoms with van der Waals surface area (Å²) in [7, 11) is 0. The van der Waals surface area contributed by atoms with Gasteiger partial charge in [-0.2, -0.15) is 0 Å². The lowest BCUT2D eigenvalue weighted by Gasteiger charge is -2.20. The van der Waals surface area contributed by atoms with Gasteiger partial charge in [0, 0.05) is 12.8 Å². The second-order valence-corrected chi connectivity index (χ2v) is 6.51. The Morgan fingerprint density at radius 2 is 1.96 bits per heavy atom. The number of carboxylic acid groups (broad SMARTS) is 1. The number of carboxylic acids is 1. The van der Waals surface area contributed by atoms with Crippen molar-refractivity contribution in [2.24, 2.45) is 0 Å². The minimum absolute atomic E-state index is 0.0714. The first-order valence-corrected chi connectivity index (χ1v) is 7.77. The van der Waals surface area contributed by atoms with Gasteiger partial charge in [0.2, 0.25) is 5.91 Å². The summed E-state index contributed by atoms with van der Waals surface area (Å²) in [5, 5.41) is 11.7. The molecule has 1 aliphatic rings. The second kappa shape index (κ2) is 8.50. The van der Waals surface area contributed by atoms with Gasteiger partial charge >= 0.3 is 11.9 Å². The summed E-state index contributed by atoms with van der Waals surface area (Å²) in [4.78, 5) is 34.7. The van der Waals surface area contributed by atoms with E-state index in [0.717, 1.165) is 18.4 Å². The van der Waals surface area contributed by atoms with Gasteiger partial charge in [0.25, 0.3) is 0 Å². The van der Waals surface area contributed by atoms with E-state index in [1.165, 1.54) is 0 Å². The summed E-state index contributed by atoms with van der Waals surface area (Å²) in [6, 6.07) is -0.991. The fraction of sp³-hybridized carbons (Fsp3) is 0.588. The molecule has 23 heavy (non-hydrogen) atoms. The number of carbonyl (C=O) groups excluding carboxylic acids is 2. The van der Waals surface area contributed by atoms with Crippen LogP contribution in [0.5, 0.6) is 0 Å². The number of hydrogen-bond donors (Lipinski definition) is 2. The molecule has 1 rings (SSSR count). The third-order valence-corrected chi connectivity index (χ3v) is 3.12. The molecule has 0 unspecified atom stereocenters. The number of carbonyl (C=O) groups is 3. The first-order valence-electron chi connectivity index (χ1n) is 7.77. The van der Waals surface area contributed by atoms with Gasteiger partial charge in [-0.1, -0.05) is 18.2 Å². The molecule has 0 aromatic rings. The van der Waals surface area contributed by atoms with Crippen molar-refractivity contribution in [3.05, 3.63) is 23.8 Å². The Balaban J connectivity index is 2.45. The van der Waals surface area contributed by atoms with E-state index in [2.05, 4.69) is 5.32 Å². The van der Waals surface area contributed by atoms with Crippen molar-refractivity contribution in [3.63, 3.8) is 0 Å². The van der Waals surface area contributed by atoms with E-state index in [1.807, 2.05) is 18.2 Å². The molecule has 0 fully saturated rings. The van der Waals surface area contributed by atoms with Crippen LogP contribution in [-0.2, 0) is 19.1 Å². The van der Waals surface area contributed by atoms with E-state index in [4.69, 9.17) is 4.74 Å². The van der Waals surface area contributed by atoms with Gasteiger partial charge in [-0.3, -0.25) is 9.59 Å². The third kappa shape index (κ3) is 8.18. The minimum Gasteiger partial charge on any atom is -0.480 e. The average molecular weight is 323 g/mol. The Bertz CT molecular complexity index is 514. The lowest BCUT2D eigenvalue weighted by atomic mass is 10.00. The van der Waals surface area contributed by atoms with E-state index in [9.17, 15) is 19.5 Å². The molecule has 6 nitrogen and oxygen atoms in total. The van der Waals surface area contributed by atoms with Gasteiger partial charge in [0.15, 0.2) is 0 Å². The predicted octanol–water partition coefficient (Wildman–Crippen LogP) is 2.34. The highest BCUT2D eigenvalue weighted by molar-refractivity contribution is 5.86. The lowest BCUT2D eigenvalue weighted by molar-refractivity contribution is -0.155. The van der Waals surface area contributed by atoms with Crippen molar-refractivity contribution in [1.82, 2.24) is 5.32 Å². The van der Waals surface area contributed by atoms with Gasteiger partial charge in [0.05, 0.1) is 6.42 Å². The summed E-state index contributed by atoms with van der Waals surface area (Å²) < 4.78 is 5.11. The van der Waals surface area contributed by atoms with E-state index in [0.29, 0.717) is 0 Å². The maximum absolute atomic E-state index is 11.8. The van der Waals surface area contributed by atoms with Gasteiger partial charge in [-0.25, -0.2) is 4.79 Å². The van der Waals surface area contributed by atoms with Crippen LogP contribution in [0.4, 0.5) is 0 Å². The van der Waals surface area contributed by atoms with Crippen molar-refractivity contribution in [1.29, 1.82) is 0 Å². The maximum Gasteiger partial charge on any atom is 0.326 e. The molecule has 0 aromatic carbocycles. The summed E-state index contributed by atoms with van der Waals surface area (Å²) >= 11 is 0. The maximum atomic E-state index is 11.8. The number of allylic oxidation sites excluding steroid dienone is 3. The predicted molar refractivity (Wildman–Crippen MR) is 85.7 cm³/mol. The molecule has 0 aromatic heterocycles. The quantitative estimate of drug-likeness (QED) is 0.702. The molecular formula is C17H25NO5. The minimum atomic E-state index is -1.09. The van der Waals surface area contributed by atoms with Crippen molar-refractivity contribution >= 4 is 17.8 Å². The molecule has 0 saturated carbocycles. The SMILES string of the molecule is CC(C)(C)OC(=O)CCC(=O)N[C@@H](CC1=CCCC=C1)C(=O)O. The molecule has 1 aliphatic carbocycles. The zero-order valence-electron chi connectivity index (χ0n) is 13.9. The Labute approximate surface area is 136 Å². The van der Waals surface area contributed by atoms with Gasteiger partial charge in [-0.15, -0.1) is 0 Å². The van der Waals surface area contributed by atoms with Crippen LogP contribution in [0.25, 0.3) is 0 Å².